The minimum absolute atomic E-state index is 0.353. The Hall–Kier alpha value is -0.550. The highest BCUT2D eigenvalue weighted by Gasteiger charge is 2.09. The van der Waals surface area contributed by atoms with Gasteiger partial charge in [0.15, 0.2) is 0 Å². The number of rotatable bonds is 2. The molecule has 0 heterocycles. The molecule has 0 atom stereocenters. The van der Waals surface area contributed by atoms with Crippen LogP contribution in [0.3, 0.4) is 0 Å². The molecular weight excluding hydrogens is 316 g/mol. The van der Waals surface area contributed by atoms with Crippen molar-refractivity contribution in [3.8, 4) is 11.5 Å². The summed E-state index contributed by atoms with van der Waals surface area (Å²) >= 11 is 6.60. The molecule has 0 unspecified atom stereocenters. The first-order chi connectivity index (χ1) is 6.54. The van der Waals surface area contributed by atoms with Gasteiger partial charge in [0.05, 0.1) is 16.1 Å². The number of hydrogen-bond acceptors (Lipinski definition) is 3. The molecule has 1 rings (SSSR count). The van der Waals surface area contributed by atoms with Crippen molar-refractivity contribution in [2.24, 2.45) is 0 Å². The van der Waals surface area contributed by atoms with Crippen molar-refractivity contribution >= 4 is 37.8 Å². The van der Waals surface area contributed by atoms with Gasteiger partial charge in [-0.3, -0.25) is 4.79 Å². The van der Waals surface area contributed by atoms with Crippen LogP contribution in [0.15, 0.2) is 21.1 Å². The van der Waals surface area contributed by atoms with Crippen LogP contribution < -0.4 is 9.47 Å². The van der Waals surface area contributed by atoms with E-state index >= 15 is 0 Å². The Morgan fingerprint density at radius 2 is 1.79 bits per heavy atom. The van der Waals surface area contributed by atoms with Crippen molar-refractivity contribution in [1.82, 2.24) is 0 Å². The largest absolute Gasteiger partial charge is 0.494 e. The SMILES string of the molecule is COc1c(Br)cc(OC(C)=O)cc1Br. The van der Waals surface area contributed by atoms with Gasteiger partial charge in [0.25, 0.3) is 0 Å². The minimum Gasteiger partial charge on any atom is -0.494 e. The molecular formula is C9H8Br2O3. The summed E-state index contributed by atoms with van der Waals surface area (Å²) in [6, 6.07) is 3.34. The van der Waals surface area contributed by atoms with Crippen molar-refractivity contribution in [2.45, 2.75) is 6.92 Å². The third kappa shape index (κ3) is 2.72. The topological polar surface area (TPSA) is 35.5 Å². The van der Waals surface area contributed by atoms with E-state index in [4.69, 9.17) is 9.47 Å². The summed E-state index contributed by atoms with van der Waals surface area (Å²) in [7, 11) is 1.57. The Balaban J connectivity index is 3.07. The average Bonchev–Trinajstić information content (AvgIpc) is 2.01. The fraction of sp³-hybridized carbons (Fsp3) is 0.222. The highest BCUT2D eigenvalue weighted by molar-refractivity contribution is 9.11. The molecule has 1 aromatic rings. The summed E-state index contributed by atoms with van der Waals surface area (Å²) in [4.78, 5) is 10.7. The van der Waals surface area contributed by atoms with Crippen LogP contribution in [0.1, 0.15) is 6.92 Å². The number of ether oxygens (including phenoxy) is 2. The molecule has 5 heteroatoms. The Kier molecular flexibility index (Phi) is 3.95. The molecule has 1 aromatic carbocycles. The van der Waals surface area contributed by atoms with E-state index in [-0.39, 0.29) is 5.97 Å². The summed E-state index contributed by atoms with van der Waals surface area (Å²) in [6.07, 6.45) is 0. The van der Waals surface area contributed by atoms with Gasteiger partial charge in [0.2, 0.25) is 0 Å². The van der Waals surface area contributed by atoms with Gasteiger partial charge in [-0.2, -0.15) is 0 Å². The molecule has 0 fully saturated rings. The van der Waals surface area contributed by atoms with Gasteiger partial charge in [-0.25, -0.2) is 0 Å². The van der Waals surface area contributed by atoms with E-state index in [0.717, 1.165) is 8.95 Å². The summed E-state index contributed by atoms with van der Waals surface area (Å²) in [6.45, 7) is 1.35. The van der Waals surface area contributed by atoms with E-state index in [0.29, 0.717) is 11.5 Å². The number of carbonyl (C=O) groups excluding carboxylic acids is 1. The minimum atomic E-state index is -0.353. The van der Waals surface area contributed by atoms with Crippen molar-refractivity contribution in [2.75, 3.05) is 7.11 Å². The van der Waals surface area contributed by atoms with Crippen molar-refractivity contribution in [3.63, 3.8) is 0 Å². The highest BCUT2D eigenvalue weighted by Crippen LogP contribution is 2.36. The zero-order valence-electron chi connectivity index (χ0n) is 7.64. The molecule has 3 nitrogen and oxygen atoms in total. The van der Waals surface area contributed by atoms with E-state index in [1.165, 1.54) is 6.92 Å². The van der Waals surface area contributed by atoms with Gasteiger partial charge in [0, 0.05) is 6.92 Å². The predicted octanol–water partition coefficient (Wildman–Crippen LogP) is 3.15. The summed E-state index contributed by atoms with van der Waals surface area (Å²) < 4.78 is 11.5. The quantitative estimate of drug-likeness (QED) is 0.619. The van der Waals surface area contributed by atoms with Crippen LogP contribution in [-0.2, 0) is 4.79 Å². The summed E-state index contributed by atoms with van der Waals surface area (Å²) in [5.41, 5.74) is 0. The first-order valence-corrected chi connectivity index (χ1v) is 5.34. The van der Waals surface area contributed by atoms with E-state index in [2.05, 4.69) is 31.9 Å². The highest BCUT2D eigenvalue weighted by atomic mass is 79.9. The number of carbonyl (C=O) groups is 1. The van der Waals surface area contributed by atoms with Crippen LogP contribution in [0.4, 0.5) is 0 Å². The smallest absolute Gasteiger partial charge is 0.308 e. The maximum atomic E-state index is 10.7. The average molecular weight is 324 g/mol. The van der Waals surface area contributed by atoms with Gasteiger partial charge in [0.1, 0.15) is 11.5 Å². The van der Waals surface area contributed by atoms with E-state index in [1.54, 1.807) is 19.2 Å². The lowest BCUT2D eigenvalue weighted by molar-refractivity contribution is -0.131. The van der Waals surface area contributed by atoms with Gasteiger partial charge >= 0.3 is 5.97 Å². The van der Waals surface area contributed by atoms with E-state index < -0.39 is 0 Å². The number of methoxy groups -OCH3 is 1. The first kappa shape index (κ1) is 11.5. The zero-order valence-corrected chi connectivity index (χ0v) is 10.8. The first-order valence-electron chi connectivity index (χ1n) is 3.76. The third-order valence-electron chi connectivity index (χ3n) is 1.44. The molecule has 0 saturated heterocycles. The molecule has 0 radical (unpaired) electrons. The number of benzene rings is 1. The van der Waals surface area contributed by atoms with E-state index in [9.17, 15) is 4.79 Å². The number of esters is 1. The molecule has 0 bridgehead atoms. The molecule has 0 aliphatic rings. The Morgan fingerprint density at radius 3 is 2.14 bits per heavy atom. The molecule has 0 amide bonds. The van der Waals surface area contributed by atoms with Crippen LogP contribution in [0, 0.1) is 0 Å². The van der Waals surface area contributed by atoms with Crippen LogP contribution >= 0.6 is 31.9 Å². The van der Waals surface area contributed by atoms with Gasteiger partial charge < -0.3 is 9.47 Å². The Labute approximate surface area is 98.6 Å². The lowest BCUT2D eigenvalue weighted by Gasteiger charge is -2.08. The van der Waals surface area contributed by atoms with Gasteiger partial charge in [-0.15, -0.1) is 0 Å². The van der Waals surface area contributed by atoms with Crippen LogP contribution in [0.5, 0.6) is 11.5 Å². The van der Waals surface area contributed by atoms with Crippen molar-refractivity contribution in [1.29, 1.82) is 0 Å². The number of hydrogen-bond donors (Lipinski definition) is 0. The molecule has 0 spiro atoms. The maximum Gasteiger partial charge on any atom is 0.308 e. The fourth-order valence-electron chi connectivity index (χ4n) is 0.957. The lowest BCUT2D eigenvalue weighted by atomic mass is 10.3. The predicted molar refractivity (Wildman–Crippen MR) is 59.7 cm³/mol. The van der Waals surface area contributed by atoms with Crippen LogP contribution in [0.25, 0.3) is 0 Å². The molecule has 0 aliphatic carbocycles. The second kappa shape index (κ2) is 4.79. The molecule has 0 saturated carbocycles. The normalized spacial score (nSPS) is 9.71. The zero-order chi connectivity index (χ0) is 10.7. The molecule has 14 heavy (non-hydrogen) atoms. The van der Waals surface area contributed by atoms with Crippen molar-refractivity contribution < 1.29 is 14.3 Å². The molecule has 0 N–H and O–H groups in total. The molecule has 0 aliphatic heterocycles. The number of halogens is 2. The second-order valence-electron chi connectivity index (χ2n) is 2.51. The monoisotopic (exact) mass is 322 g/mol. The standard InChI is InChI=1S/C9H8Br2O3/c1-5(12)14-6-3-7(10)9(13-2)8(11)4-6/h3-4H,1-2H3. The summed E-state index contributed by atoms with van der Waals surface area (Å²) in [5, 5.41) is 0. The lowest BCUT2D eigenvalue weighted by Crippen LogP contribution is -2.01. The maximum absolute atomic E-state index is 10.7. The van der Waals surface area contributed by atoms with Crippen LogP contribution in [0.2, 0.25) is 0 Å². The van der Waals surface area contributed by atoms with E-state index in [1.807, 2.05) is 0 Å². The molecule has 76 valence electrons. The molecule has 0 aromatic heterocycles. The third-order valence-corrected chi connectivity index (χ3v) is 2.62. The van der Waals surface area contributed by atoms with Gasteiger partial charge in [-0.1, -0.05) is 0 Å². The summed E-state index contributed by atoms with van der Waals surface area (Å²) in [5.74, 6) is 0.784. The Morgan fingerprint density at radius 1 is 1.29 bits per heavy atom. The van der Waals surface area contributed by atoms with Gasteiger partial charge in [-0.05, 0) is 44.0 Å². The Bertz CT molecular complexity index is 340. The second-order valence-corrected chi connectivity index (χ2v) is 4.22. The van der Waals surface area contributed by atoms with Crippen LogP contribution in [-0.4, -0.2) is 13.1 Å². The fourth-order valence-corrected chi connectivity index (χ4v) is 2.42. The van der Waals surface area contributed by atoms with Crippen molar-refractivity contribution in [3.05, 3.63) is 21.1 Å².